The second-order valence-corrected chi connectivity index (χ2v) is 7.22. The summed E-state index contributed by atoms with van der Waals surface area (Å²) in [6.45, 7) is 7.78. The van der Waals surface area contributed by atoms with E-state index in [0.717, 1.165) is 49.4 Å². The number of benzene rings is 1. The Labute approximate surface area is 160 Å². The Morgan fingerprint density at radius 2 is 2.15 bits per heavy atom. The fourth-order valence-electron chi connectivity index (χ4n) is 3.16. The van der Waals surface area contributed by atoms with Crippen molar-refractivity contribution < 1.29 is 4.79 Å². The molecule has 0 unspecified atom stereocenters. The van der Waals surface area contributed by atoms with E-state index in [9.17, 15) is 4.79 Å². The molecule has 0 spiro atoms. The number of likely N-dealkylation sites (tertiary alicyclic amines) is 1. The largest absolute Gasteiger partial charge is 0.335 e. The number of hydrogen-bond acceptors (Lipinski definition) is 4. The van der Waals surface area contributed by atoms with Crippen molar-refractivity contribution in [3.05, 3.63) is 47.8 Å². The fourth-order valence-corrected chi connectivity index (χ4v) is 3.16. The lowest BCUT2D eigenvalue weighted by Gasteiger charge is -2.31. The number of rotatable bonds is 6. The Bertz CT molecular complexity index is 759. The zero-order valence-electron chi connectivity index (χ0n) is 16.0. The van der Waals surface area contributed by atoms with Gasteiger partial charge in [0.2, 0.25) is 0 Å². The number of carbonyl (C=O) groups excluding carboxylic acids is 1. The first-order valence-electron chi connectivity index (χ1n) is 9.45. The molecule has 2 aromatic rings. The molecule has 2 heterocycles. The average Bonchev–Trinajstić information content (AvgIpc) is 3.21. The molecule has 0 saturated carbocycles. The molecule has 0 radical (unpaired) electrons. The third-order valence-electron chi connectivity index (χ3n) is 4.75. The first-order chi connectivity index (χ1) is 13.1. The molecule has 3 N–H and O–H groups in total. The van der Waals surface area contributed by atoms with Gasteiger partial charge in [0, 0.05) is 37.8 Å². The Hall–Kier alpha value is -2.67. The quantitative estimate of drug-likeness (QED) is 0.684. The van der Waals surface area contributed by atoms with Crippen molar-refractivity contribution in [3.8, 4) is 11.4 Å². The molecule has 3 rings (SSSR count). The highest BCUT2D eigenvalue weighted by molar-refractivity contribution is 5.74. The van der Waals surface area contributed by atoms with Gasteiger partial charge < -0.3 is 10.6 Å². The number of urea groups is 1. The van der Waals surface area contributed by atoms with E-state index >= 15 is 0 Å². The maximum absolute atomic E-state index is 12.2. The number of amides is 2. The van der Waals surface area contributed by atoms with Gasteiger partial charge in [0.25, 0.3) is 0 Å². The summed E-state index contributed by atoms with van der Waals surface area (Å²) >= 11 is 0. The number of piperidine rings is 1. The van der Waals surface area contributed by atoms with E-state index in [1.54, 1.807) is 0 Å². The summed E-state index contributed by atoms with van der Waals surface area (Å²) in [6.07, 6.45) is 5.72. The van der Waals surface area contributed by atoms with Crippen LogP contribution in [0.25, 0.3) is 11.4 Å². The van der Waals surface area contributed by atoms with E-state index in [2.05, 4.69) is 50.6 Å². The van der Waals surface area contributed by atoms with Crippen LogP contribution in [-0.2, 0) is 6.54 Å². The zero-order chi connectivity index (χ0) is 19.1. The van der Waals surface area contributed by atoms with Gasteiger partial charge in [-0.05, 0) is 38.3 Å². The van der Waals surface area contributed by atoms with Crippen LogP contribution in [0.5, 0.6) is 0 Å². The van der Waals surface area contributed by atoms with Gasteiger partial charge in [-0.3, -0.25) is 10.00 Å². The molecule has 1 fully saturated rings. The van der Waals surface area contributed by atoms with Crippen LogP contribution in [0.4, 0.5) is 4.79 Å². The van der Waals surface area contributed by atoms with Gasteiger partial charge in [-0.25, -0.2) is 9.78 Å². The smallest absolute Gasteiger partial charge is 0.315 e. The molecular weight excluding hydrogens is 340 g/mol. The van der Waals surface area contributed by atoms with Gasteiger partial charge in [0.1, 0.15) is 6.33 Å². The monoisotopic (exact) mass is 368 g/mol. The van der Waals surface area contributed by atoms with Crippen molar-refractivity contribution in [1.29, 1.82) is 0 Å². The van der Waals surface area contributed by atoms with Gasteiger partial charge >= 0.3 is 6.03 Å². The highest BCUT2D eigenvalue weighted by Crippen LogP contribution is 2.15. The predicted octanol–water partition coefficient (Wildman–Crippen LogP) is 2.70. The minimum absolute atomic E-state index is 0.109. The van der Waals surface area contributed by atoms with Crippen LogP contribution in [0.15, 0.2) is 42.2 Å². The Kier molecular flexibility index (Phi) is 6.59. The Morgan fingerprint density at radius 1 is 1.33 bits per heavy atom. The summed E-state index contributed by atoms with van der Waals surface area (Å²) in [5, 5.41) is 12.8. The van der Waals surface area contributed by atoms with Crippen LogP contribution in [0, 0.1) is 0 Å². The lowest BCUT2D eigenvalue weighted by molar-refractivity contribution is 0.204. The maximum Gasteiger partial charge on any atom is 0.315 e. The summed E-state index contributed by atoms with van der Waals surface area (Å²) in [5.74, 6) is 0.723. The van der Waals surface area contributed by atoms with E-state index in [0.29, 0.717) is 6.54 Å². The molecule has 0 aliphatic carbocycles. The van der Waals surface area contributed by atoms with Gasteiger partial charge in [-0.15, -0.1) is 0 Å². The van der Waals surface area contributed by atoms with Gasteiger partial charge in [-0.1, -0.05) is 29.8 Å². The minimum atomic E-state index is -0.109. The number of aromatic nitrogens is 3. The maximum atomic E-state index is 12.2. The van der Waals surface area contributed by atoms with Crippen molar-refractivity contribution >= 4 is 6.03 Å². The second kappa shape index (κ2) is 9.32. The number of H-pyrrole nitrogens is 1. The lowest BCUT2D eigenvalue weighted by atomic mass is 10.1. The van der Waals surface area contributed by atoms with E-state index in [1.807, 2.05) is 24.3 Å². The number of carbonyl (C=O) groups is 1. The van der Waals surface area contributed by atoms with E-state index in [4.69, 9.17) is 0 Å². The lowest BCUT2D eigenvalue weighted by Crippen LogP contribution is -2.47. The van der Waals surface area contributed by atoms with E-state index in [-0.39, 0.29) is 12.1 Å². The first kappa shape index (κ1) is 19.1. The Balaban J connectivity index is 1.42. The molecule has 1 aromatic carbocycles. The first-order valence-corrected chi connectivity index (χ1v) is 9.45. The topological polar surface area (TPSA) is 85.9 Å². The van der Waals surface area contributed by atoms with Crippen molar-refractivity contribution in [1.82, 2.24) is 30.7 Å². The van der Waals surface area contributed by atoms with E-state index < -0.39 is 0 Å². The number of aromatic amines is 1. The van der Waals surface area contributed by atoms with Crippen LogP contribution < -0.4 is 10.6 Å². The normalized spacial score (nSPS) is 15.3. The van der Waals surface area contributed by atoms with Crippen molar-refractivity contribution in [2.45, 2.75) is 39.3 Å². The molecule has 7 nitrogen and oxygen atoms in total. The third-order valence-corrected chi connectivity index (χ3v) is 4.75. The molecule has 144 valence electrons. The average molecular weight is 368 g/mol. The highest BCUT2D eigenvalue weighted by Gasteiger charge is 2.19. The predicted molar refractivity (Wildman–Crippen MR) is 106 cm³/mol. The molecule has 1 saturated heterocycles. The number of nitrogens with zero attached hydrogens (tertiary/aromatic N) is 3. The van der Waals surface area contributed by atoms with Crippen LogP contribution in [0.1, 0.15) is 32.3 Å². The third kappa shape index (κ3) is 5.92. The van der Waals surface area contributed by atoms with Gasteiger partial charge in [0.05, 0.1) is 0 Å². The second-order valence-electron chi connectivity index (χ2n) is 7.22. The van der Waals surface area contributed by atoms with E-state index in [1.165, 1.54) is 11.9 Å². The van der Waals surface area contributed by atoms with Crippen molar-refractivity contribution in [3.63, 3.8) is 0 Å². The fraction of sp³-hybridized carbons (Fsp3) is 0.450. The molecular formula is C20H28N6O. The van der Waals surface area contributed by atoms with Crippen LogP contribution in [-0.4, -0.2) is 51.8 Å². The molecule has 0 atom stereocenters. The van der Waals surface area contributed by atoms with Crippen LogP contribution in [0.3, 0.4) is 0 Å². The molecule has 1 aromatic heterocycles. The molecule has 27 heavy (non-hydrogen) atoms. The summed E-state index contributed by atoms with van der Waals surface area (Å²) in [6, 6.07) is 8.04. The highest BCUT2D eigenvalue weighted by atomic mass is 16.2. The standard InChI is InChI=1S/C20H28N6O/c1-15(2)6-9-26-10-7-18(8-11-26)24-20(27)21-13-16-4-3-5-17(12-16)19-22-14-23-25-19/h3-6,12,14,18H,7-11,13H2,1-2H3,(H2,21,24,27)(H,22,23,25). The molecule has 1 aliphatic heterocycles. The van der Waals surface area contributed by atoms with Crippen LogP contribution >= 0.6 is 0 Å². The molecule has 0 bridgehead atoms. The molecule has 1 aliphatic rings. The number of hydrogen-bond donors (Lipinski definition) is 3. The van der Waals surface area contributed by atoms with Gasteiger partial charge in [0.15, 0.2) is 5.82 Å². The van der Waals surface area contributed by atoms with Crippen molar-refractivity contribution in [2.24, 2.45) is 0 Å². The van der Waals surface area contributed by atoms with Crippen LogP contribution in [0.2, 0.25) is 0 Å². The summed E-state index contributed by atoms with van der Waals surface area (Å²) in [7, 11) is 0. The van der Waals surface area contributed by atoms with Gasteiger partial charge in [-0.2, -0.15) is 5.10 Å². The SMILES string of the molecule is CC(C)=CCN1CCC(NC(=O)NCc2cccc(-c3ncn[nH]3)c2)CC1. The summed E-state index contributed by atoms with van der Waals surface area (Å²) < 4.78 is 0. The molecule has 2 amide bonds. The number of allylic oxidation sites excluding steroid dienone is 1. The Morgan fingerprint density at radius 3 is 2.85 bits per heavy atom. The zero-order valence-corrected chi connectivity index (χ0v) is 16.0. The summed E-state index contributed by atoms with van der Waals surface area (Å²) in [5.41, 5.74) is 3.33. The van der Waals surface area contributed by atoms with Crippen molar-refractivity contribution in [2.75, 3.05) is 19.6 Å². The summed E-state index contributed by atoms with van der Waals surface area (Å²) in [4.78, 5) is 18.8. The number of nitrogens with one attached hydrogen (secondary N) is 3. The molecule has 7 heteroatoms. The minimum Gasteiger partial charge on any atom is -0.335 e.